The molecule has 7 heteroatoms. The zero-order valence-corrected chi connectivity index (χ0v) is 13.7. The van der Waals surface area contributed by atoms with Crippen molar-refractivity contribution in [3.63, 3.8) is 0 Å². The molecule has 1 saturated heterocycles. The van der Waals surface area contributed by atoms with E-state index in [2.05, 4.69) is 4.74 Å². The number of methoxy groups -OCH3 is 1. The maximum Gasteiger partial charge on any atom is 0.309 e. The Morgan fingerprint density at radius 2 is 2.05 bits per heavy atom. The summed E-state index contributed by atoms with van der Waals surface area (Å²) in [7, 11) is -2.13. The van der Waals surface area contributed by atoms with Crippen molar-refractivity contribution in [3.05, 3.63) is 29.8 Å². The molecule has 1 aromatic rings. The summed E-state index contributed by atoms with van der Waals surface area (Å²) >= 11 is 1.77. The van der Waals surface area contributed by atoms with Crippen LogP contribution in [0.4, 0.5) is 0 Å². The van der Waals surface area contributed by atoms with Crippen LogP contribution in [0.2, 0.25) is 0 Å². The van der Waals surface area contributed by atoms with Gasteiger partial charge in [0.2, 0.25) is 10.0 Å². The molecule has 1 aromatic carbocycles. The van der Waals surface area contributed by atoms with E-state index in [1.165, 1.54) is 7.11 Å². The molecule has 116 valence electrons. The van der Waals surface area contributed by atoms with Gasteiger partial charge in [-0.15, -0.1) is 0 Å². The highest BCUT2D eigenvalue weighted by Crippen LogP contribution is 2.24. The second-order valence-corrected chi connectivity index (χ2v) is 7.98. The highest BCUT2D eigenvalue weighted by atomic mass is 32.2. The van der Waals surface area contributed by atoms with Crippen LogP contribution in [0.1, 0.15) is 12.5 Å². The van der Waals surface area contributed by atoms with E-state index in [0.29, 0.717) is 6.54 Å². The molecule has 5 nitrogen and oxygen atoms in total. The Morgan fingerprint density at radius 3 is 2.62 bits per heavy atom. The Kier molecular flexibility index (Phi) is 5.29. The highest BCUT2D eigenvalue weighted by Gasteiger charge is 2.31. The first-order valence-corrected chi connectivity index (χ1v) is 9.30. The Morgan fingerprint density at radius 1 is 1.38 bits per heavy atom. The van der Waals surface area contributed by atoms with Crippen molar-refractivity contribution in [2.24, 2.45) is 0 Å². The van der Waals surface area contributed by atoms with Crippen LogP contribution in [0.25, 0.3) is 0 Å². The number of hydrogen-bond donors (Lipinski definition) is 0. The van der Waals surface area contributed by atoms with Crippen LogP contribution in [-0.4, -0.2) is 49.9 Å². The maximum atomic E-state index is 12.6. The van der Waals surface area contributed by atoms with Crippen molar-refractivity contribution in [2.45, 2.75) is 24.3 Å². The number of thioether (sulfide) groups is 1. The third kappa shape index (κ3) is 3.78. The van der Waals surface area contributed by atoms with Gasteiger partial charge in [-0.3, -0.25) is 4.79 Å². The molecule has 21 heavy (non-hydrogen) atoms. The van der Waals surface area contributed by atoms with Gasteiger partial charge in [-0.2, -0.15) is 16.1 Å². The smallest absolute Gasteiger partial charge is 0.309 e. The van der Waals surface area contributed by atoms with Crippen LogP contribution >= 0.6 is 11.8 Å². The number of hydrogen-bond acceptors (Lipinski definition) is 5. The Bertz CT molecular complexity index is 598. The lowest BCUT2D eigenvalue weighted by atomic mass is 10.2. The van der Waals surface area contributed by atoms with Crippen molar-refractivity contribution in [2.75, 3.05) is 25.2 Å². The first kappa shape index (κ1) is 16.3. The van der Waals surface area contributed by atoms with Crippen LogP contribution in [0.15, 0.2) is 29.2 Å². The zero-order valence-electron chi connectivity index (χ0n) is 12.1. The van der Waals surface area contributed by atoms with Crippen LogP contribution in [0, 0.1) is 0 Å². The van der Waals surface area contributed by atoms with Gasteiger partial charge >= 0.3 is 5.97 Å². The van der Waals surface area contributed by atoms with E-state index in [1.807, 2.05) is 6.92 Å². The average Bonchev–Trinajstić information content (AvgIpc) is 2.48. The number of carbonyl (C=O) groups is 1. The fourth-order valence-electron chi connectivity index (χ4n) is 2.22. The molecule has 1 fully saturated rings. The number of rotatable bonds is 4. The lowest BCUT2D eigenvalue weighted by molar-refractivity contribution is -0.139. The molecule has 0 spiro atoms. The summed E-state index contributed by atoms with van der Waals surface area (Å²) in [6.07, 6.45) is 0.146. The first-order chi connectivity index (χ1) is 9.95. The minimum Gasteiger partial charge on any atom is -0.469 e. The summed E-state index contributed by atoms with van der Waals surface area (Å²) < 4.78 is 31.4. The number of ether oxygens (including phenoxy) is 1. The topological polar surface area (TPSA) is 63.7 Å². The van der Waals surface area contributed by atoms with Crippen molar-refractivity contribution in [1.29, 1.82) is 0 Å². The molecule has 0 N–H and O–H groups in total. The van der Waals surface area contributed by atoms with Gasteiger partial charge < -0.3 is 4.74 Å². The molecule has 1 aliphatic rings. The van der Waals surface area contributed by atoms with E-state index in [4.69, 9.17) is 0 Å². The number of esters is 1. The molecule has 0 radical (unpaired) electrons. The van der Waals surface area contributed by atoms with Crippen LogP contribution < -0.4 is 0 Å². The molecular weight excluding hydrogens is 310 g/mol. The van der Waals surface area contributed by atoms with Gasteiger partial charge in [-0.05, 0) is 24.6 Å². The number of benzene rings is 1. The Hall–Kier alpha value is -1.05. The minimum atomic E-state index is -3.46. The number of carbonyl (C=O) groups excluding carboxylic acids is 1. The minimum absolute atomic E-state index is 0.00324. The predicted octanol–water partition coefficient (Wildman–Crippen LogP) is 1.53. The van der Waals surface area contributed by atoms with Crippen molar-refractivity contribution < 1.29 is 17.9 Å². The third-order valence-corrected chi connectivity index (χ3v) is 6.63. The quantitative estimate of drug-likeness (QED) is 0.784. The summed E-state index contributed by atoms with van der Waals surface area (Å²) in [6.45, 7) is 2.47. The lowest BCUT2D eigenvalue weighted by Gasteiger charge is -2.31. The fraction of sp³-hybridized carbons (Fsp3) is 0.500. The summed E-state index contributed by atoms with van der Waals surface area (Å²) in [6, 6.07) is 6.44. The largest absolute Gasteiger partial charge is 0.469 e. The molecule has 0 aromatic heterocycles. The summed E-state index contributed by atoms with van der Waals surface area (Å²) in [5.74, 6) is 1.30. The van der Waals surface area contributed by atoms with Crippen molar-refractivity contribution >= 4 is 27.8 Å². The molecule has 0 saturated carbocycles. The second kappa shape index (κ2) is 6.81. The molecule has 0 aliphatic carbocycles. The van der Waals surface area contributed by atoms with E-state index in [0.717, 1.165) is 17.1 Å². The molecule has 2 rings (SSSR count). The van der Waals surface area contributed by atoms with Gasteiger partial charge in [0.1, 0.15) is 0 Å². The van der Waals surface area contributed by atoms with E-state index in [1.54, 1.807) is 40.3 Å². The van der Waals surface area contributed by atoms with E-state index >= 15 is 0 Å². The molecule has 0 bridgehead atoms. The average molecular weight is 329 g/mol. The Labute approximate surface area is 129 Å². The Balaban J connectivity index is 2.18. The molecular formula is C14H19NO4S2. The van der Waals surface area contributed by atoms with Gasteiger partial charge in [-0.1, -0.05) is 12.1 Å². The highest BCUT2D eigenvalue weighted by molar-refractivity contribution is 7.99. The third-order valence-electron chi connectivity index (χ3n) is 3.41. The van der Waals surface area contributed by atoms with Crippen molar-refractivity contribution in [1.82, 2.24) is 4.31 Å². The standard InChI is InChI=1S/C14H19NO4S2/c1-11-10-20-8-7-15(11)21(17,18)13-5-3-12(4-6-13)9-14(16)19-2/h3-6,11H,7-10H2,1-2H3. The van der Waals surface area contributed by atoms with Crippen LogP contribution in [0.3, 0.4) is 0 Å². The maximum absolute atomic E-state index is 12.6. The monoisotopic (exact) mass is 329 g/mol. The predicted molar refractivity (Wildman–Crippen MR) is 82.8 cm³/mol. The first-order valence-electron chi connectivity index (χ1n) is 6.70. The van der Waals surface area contributed by atoms with Gasteiger partial charge in [0, 0.05) is 24.1 Å². The number of sulfonamides is 1. The molecule has 0 amide bonds. The van der Waals surface area contributed by atoms with Gasteiger partial charge in [-0.25, -0.2) is 8.42 Å². The van der Waals surface area contributed by atoms with Crippen LogP contribution in [-0.2, 0) is 26.0 Å². The molecule has 1 unspecified atom stereocenters. The molecule has 1 heterocycles. The summed E-state index contributed by atoms with van der Waals surface area (Å²) in [4.78, 5) is 11.5. The van der Waals surface area contributed by atoms with E-state index in [-0.39, 0.29) is 23.3 Å². The fourth-order valence-corrected chi connectivity index (χ4v) is 5.08. The van der Waals surface area contributed by atoms with Crippen LogP contribution in [0.5, 0.6) is 0 Å². The van der Waals surface area contributed by atoms with Crippen molar-refractivity contribution in [3.8, 4) is 0 Å². The van der Waals surface area contributed by atoms with E-state index in [9.17, 15) is 13.2 Å². The SMILES string of the molecule is COC(=O)Cc1ccc(S(=O)(=O)N2CCSCC2C)cc1. The normalized spacial score (nSPS) is 20.2. The number of nitrogens with zero attached hydrogens (tertiary/aromatic N) is 1. The van der Waals surface area contributed by atoms with Gasteiger partial charge in [0.05, 0.1) is 18.4 Å². The summed E-state index contributed by atoms with van der Waals surface area (Å²) in [5, 5.41) is 0. The van der Waals surface area contributed by atoms with Gasteiger partial charge in [0.25, 0.3) is 0 Å². The lowest BCUT2D eigenvalue weighted by Crippen LogP contribution is -2.44. The molecule has 1 aliphatic heterocycles. The van der Waals surface area contributed by atoms with E-state index < -0.39 is 10.0 Å². The zero-order chi connectivity index (χ0) is 15.5. The molecule has 1 atom stereocenters. The summed E-state index contributed by atoms with van der Waals surface area (Å²) in [5.41, 5.74) is 0.739. The second-order valence-electron chi connectivity index (χ2n) is 4.94. The van der Waals surface area contributed by atoms with Gasteiger partial charge in [0.15, 0.2) is 0 Å².